The summed E-state index contributed by atoms with van der Waals surface area (Å²) in [4.78, 5) is 13.5. The molecule has 0 unspecified atom stereocenters. The third kappa shape index (κ3) is 5.74. The summed E-state index contributed by atoms with van der Waals surface area (Å²) in [7, 11) is 3.91. The molecule has 4 nitrogen and oxygen atoms in total. The van der Waals surface area contributed by atoms with Crippen LogP contribution in [0.2, 0.25) is 0 Å². The number of nitro groups is 1. The first-order valence-electron chi connectivity index (χ1n) is 7.94. The molecule has 0 aromatic heterocycles. The molecule has 0 spiro atoms. The molecule has 2 aromatic carbocycles. The second kappa shape index (κ2) is 8.55. The molecule has 0 saturated carbocycles. The average molecular weight is 384 g/mol. The number of benzene rings is 2. The normalized spacial score (nSPS) is 11.8. The first-order chi connectivity index (χ1) is 12.2. The minimum Gasteiger partial charge on any atom is -0.309 e. The van der Waals surface area contributed by atoms with E-state index >= 15 is 0 Å². The number of nitrogens with zero attached hydrogens (tertiary/aromatic N) is 2. The fraction of sp³-hybridized carbons (Fsp3) is 0.333. The van der Waals surface area contributed by atoms with Crippen LogP contribution in [0, 0.1) is 10.1 Å². The average Bonchev–Trinajstić information content (AvgIpc) is 2.55. The van der Waals surface area contributed by atoms with Gasteiger partial charge in [0.15, 0.2) is 0 Å². The van der Waals surface area contributed by atoms with Crippen LogP contribution in [0.15, 0.2) is 52.3 Å². The Morgan fingerprint density at radius 2 is 1.88 bits per heavy atom. The molecule has 0 aliphatic heterocycles. The Bertz CT molecular complexity index is 779. The maximum absolute atomic E-state index is 12.8. The highest BCUT2D eigenvalue weighted by Gasteiger charge is 2.30. The van der Waals surface area contributed by atoms with E-state index in [0.29, 0.717) is 16.2 Å². The highest BCUT2D eigenvalue weighted by Crippen LogP contribution is 2.38. The first-order valence-corrected chi connectivity index (χ1v) is 8.75. The number of halogens is 3. The van der Waals surface area contributed by atoms with E-state index in [1.54, 1.807) is 12.1 Å². The van der Waals surface area contributed by atoms with Crippen LogP contribution in [-0.4, -0.2) is 30.5 Å². The molecule has 140 valence electrons. The van der Waals surface area contributed by atoms with Gasteiger partial charge in [-0.1, -0.05) is 23.9 Å². The van der Waals surface area contributed by atoms with Crippen LogP contribution >= 0.6 is 11.8 Å². The molecule has 0 bridgehead atoms. The topological polar surface area (TPSA) is 46.4 Å². The lowest BCUT2D eigenvalue weighted by Gasteiger charge is -2.10. The molecule has 0 fully saturated rings. The Hall–Kier alpha value is -2.06. The highest BCUT2D eigenvalue weighted by molar-refractivity contribution is 7.99. The van der Waals surface area contributed by atoms with E-state index in [4.69, 9.17) is 0 Å². The summed E-state index contributed by atoms with van der Waals surface area (Å²) in [6, 6.07) is 9.69. The lowest BCUT2D eigenvalue weighted by atomic mass is 10.1. The number of rotatable bonds is 7. The van der Waals surface area contributed by atoms with E-state index in [1.165, 1.54) is 18.2 Å². The van der Waals surface area contributed by atoms with Crippen LogP contribution in [0.1, 0.15) is 17.5 Å². The number of alkyl halides is 3. The van der Waals surface area contributed by atoms with Gasteiger partial charge in [-0.15, -0.1) is 0 Å². The van der Waals surface area contributed by atoms with Gasteiger partial charge in [-0.3, -0.25) is 10.1 Å². The summed E-state index contributed by atoms with van der Waals surface area (Å²) in [6.45, 7) is 0.870. The molecule has 2 aromatic rings. The molecule has 26 heavy (non-hydrogen) atoms. The van der Waals surface area contributed by atoms with E-state index < -0.39 is 16.7 Å². The van der Waals surface area contributed by atoms with Crippen molar-refractivity contribution in [3.05, 3.63) is 63.7 Å². The summed E-state index contributed by atoms with van der Waals surface area (Å²) < 4.78 is 38.5. The molecule has 2 rings (SSSR count). The minimum absolute atomic E-state index is 0.0882. The van der Waals surface area contributed by atoms with Gasteiger partial charge in [0, 0.05) is 11.0 Å². The van der Waals surface area contributed by atoms with Crippen LogP contribution in [0.4, 0.5) is 18.9 Å². The quantitative estimate of drug-likeness (QED) is 0.483. The summed E-state index contributed by atoms with van der Waals surface area (Å²) in [5.41, 5.74) is -0.0211. The molecular formula is C18H19F3N2O2S. The minimum atomic E-state index is -4.45. The standard InChI is InChI=1S/C18H19F3N2O2S/c1-22(2)10-4-5-13-8-9-17(16(11-13)23(24)25)26-15-7-3-6-14(12-15)18(19,20)21/h3,6-9,11-12H,4-5,10H2,1-2H3. The maximum Gasteiger partial charge on any atom is 0.416 e. The third-order valence-corrected chi connectivity index (χ3v) is 4.73. The summed E-state index contributed by atoms with van der Waals surface area (Å²) in [6.07, 6.45) is -2.88. The molecular weight excluding hydrogens is 365 g/mol. The van der Waals surface area contributed by atoms with Gasteiger partial charge in [-0.05, 0) is 63.3 Å². The van der Waals surface area contributed by atoms with Gasteiger partial charge >= 0.3 is 6.18 Å². The lowest BCUT2D eigenvalue weighted by molar-refractivity contribution is -0.387. The molecule has 0 aliphatic carbocycles. The summed E-state index contributed by atoms with van der Waals surface area (Å²) in [5.74, 6) is 0. The number of hydrogen-bond acceptors (Lipinski definition) is 4. The van der Waals surface area contributed by atoms with Gasteiger partial charge in [0.25, 0.3) is 5.69 Å². The number of hydrogen-bond donors (Lipinski definition) is 0. The van der Waals surface area contributed by atoms with Crippen molar-refractivity contribution in [2.75, 3.05) is 20.6 Å². The van der Waals surface area contributed by atoms with E-state index in [0.717, 1.165) is 42.4 Å². The zero-order valence-corrected chi connectivity index (χ0v) is 15.2. The van der Waals surface area contributed by atoms with Gasteiger partial charge in [0.1, 0.15) is 0 Å². The Balaban J connectivity index is 2.22. The summed E-state index contributed by atoms with van der Waals surface area (Å²) in [5, 5.41) is 11.4. The maximum atomic E-state index is 12.8. The number of nitro benzene ring substituents is 1. The van der Waals surface area contributed by atoms with Crippen LogP contribution in [0.25, 0.3) is 0 Å². The lowest BCUT2D eigenvalue weighted by Crippen LogP contribution is -2.13. The van der Waals surface area contributed by atoms with Crippen LogP contribution < -0.4 is 0 Å². The Kier molecular flexibility index (Phi) is 6.66. The molecule has 0 aliphatic rings. The zero-order valence-electron chi connectivity index (χ0n) is 14.4. The summed E-state index contributed by atoms with van der Waals surface area (Å²) >= 11 is 0.960. The molecule has 0 radical (unpaired) electrons. The molecule has 0 N–H and O–H groups in total. The first kappa shape index (κ1) is 20.3. The van der Waals surface area contributed by atoms with Crippen molar-refractivity contribution in [2.24, 2.45) is 0 Å². The molecule has 0 atom stereocenters. The van der Waals surface area contributed by atoms with Gasteiger partial charge < -0.3 is 4.90 Å². The second-order valence-electron chi connectivity index (χ2n) is 6.09. The Morgan fingerprint density at radius 1 is 1.15 bits per heavy atom. The Labute approximate surface area is 154 Å². The molecule has 8 heteroatoms. The monoisotopic (exact) mass is 384 g/mol. The molecule has 0 saturated heterocycles. The predicted molar refractivity (Wildman–Crippen MR) is 95.5 cm³/mol. The zero-order chi connectivity index (χ0) is 19.3. The van der Waals surface area contributed by atoms with Crippen LogP contribution in [0.5, 0.6) is 0 Å². The molecule has 0 amide bonds. The highest BCUT2D eigenvalue weighted by atomic mass is 32.2. The van der Waals surface area contributed by atoms with Gasteiger partial charge in [-0.25, -0.2) is 0 Å². The van der Waals surface area contributed by atoms with Crippen molar-refractivity contribution in [3.8, 4) is 0 Å². The van der Waals surface area contributed by atoms with E-state index in [9.17, 15) is 23.3 Å². The fourth-order valence-electron chi connectivity index (χ4n) is 2.41. The van der Waals surface area contributed by atoms with Crippen LogP contribution in [-0.2, 0) is 12.6 Å². The van der Waals surface area contributed by atoms with Crippen molar-refractivity contribution in [1.82, 2.24) is 4.90 Å². The van der Waals surface area contributed by atoms with E-state index in [-0.39, 0.29) is 5.69 Å². The third-order valence-electron chi connectivity index (χ3n) is 3.68. The predicted octanol–water partition coefficient (Wildman–Crippen LogP) is 5.26. The van der Waals surface area contributed by atoms with Crippen molar-refractivity contribution < 1.29 is 18.1 Å². The van der Waals surface area contributed by atoms with E-state index in [1.807, 2.05) is 19.0 Å². The van der Waals surface area contributed by atoms with Gasteiger partial charge in [0.2, 0.25) is 0 Å². The van der Waals surface area contributed by atoms with Crippen molar-refractivity contribution >= 4 is 17.4 Å². The van der Waals surface area contributed by atoms with Gasteiger partial charge in [-0.2, -0.15) is 13.2 Å². The van der Waals surface area contributed by atoms with Crippen LogP contribution in [0.3, 0.4) is 0 Å². The smallest absolute Gasteiger partial charge is 0.309 e. The van der Waals surface area contributed by atoms with Crippen molar-refractivity contribution in [3.63, 3.8) is 0 Å². The molecule has 0 heterocycles. The SMILES string of the molecule is CN(C)CCCc1ccc(Sc2cccc(C(F)(F)F)c2)c([N+](=O)[O-])c1. The van der Waals surface area contributed by atoms with E-state index in [2.05, 4.69) is 0 Å². The fourth-order valence-corrected chi connectivity index (χ4v) is 3.37. The Morgan fingerprint density at radius 3 is 2.50 bits per heavy atom. The largest absolute Gasteiger partial charge is 0.416 e. The van der Waals surface area contributed by atoms with Crippen molar-refractivity contribution in [1.29, 1.82) is 0 Å². The number of aryl methyl sites for hydroxylation is 1. The second-order valence-corrected chi connectivity index (χ2v) is 7.21. The van der Waals surface area contributed by atoms with Crippen molar-refractivity contribution in [2.45, 2.75) is 28.8 Å². The van der Waals surface area contributed by atoms with Gasteiger partial charge in [0.05, 0.1) is 15.4 Å².